The van der Waals surface area contributed by atoms with E-state index < -0.39 is 0 Å². The Balaban J connectivity index is 1.84. The standard InChI is InChI=1S/C17H16Cl3NOS/c1-11(12-5-2-3-6-13(12)18)23-10-9-16(22)21-17-14(19)7-4-8-15(17)20/h2-8,11H,9-10H2,1H3,(H,21,22). The van der Waals surface area contributed by atoms with Crippen LogP contribution < -0.4 is 5.32 Å². The van der Waals surface area contributed by atoms with Crippen molar-refractivity contribution in [2.75, 3.05) is 11.1 Å². The number of carbonyl (C=O) groups is 1. The Morgan fingerprint density at radius 1 is 1.04 bits per heavy atom. The van der Waals surface area contributed by atoms with Gasteiger partial charge in [-0.05, 0) is 30.7 Å². The van der Waals surface area contributed by atoms with Crippen LogP contribution in [0.3, 0.4) is 0 Å². The van der Waals surface area contributed by atoms with Gasteiger partial charge in [0.2, 0.25) is 5.91 Å². The molecular formula is C17H16Cl3NOS. The van der Waals surface area contributed by atoms with Crippen LogP contribution in [0.15, 0.2) is 42.5 Å². The van der Waals surface area contributed by atoms with Gasteiger partial charge in [-0.25, -0.2) is 0 Å². The Labute approximate surface area is 155 Å². The maximum Gasteiger partial charge on any atom is 0.225 e. The molecule has 0 bridgehead atoms. The summed E-state index contributed by atoms with van der Waals surface area (Å²) in [4.78, 5) is 12.0. The molecule has 0 aliphatic heterocycles. The summed E-state index contributed by atoms with van der Waals surface area (Å²) in [5.74, 6) is 0.569. The summed E-state index contributed by atoms with van der Waals surface area (Å²) in [5.41, 5.74) is 1.54. The number of thioether (sulfide) groups is 1. The zero-order valence-electron chi connectivity index (χ0n) is 12.5. The summed E-state index contributed by atoms with van der Waals surface area (Å²) in [5, 5.41) is 4.60. The Bertz CT molecular complexity index is 673. The van der Waals surface area contributed by atoms with E-state index in [-0.39, 0.29) is 11.2 Å². The summed E-state index contributed by atoms with van der Waals surface area (Å²) in [7, 11) is 0. The number of hydrogen-bond acceptors (Lipinski definition) is 2. The van der Waals surface area contributed by atoms with Crippen LogP contribution in [-0.2, 0) is 4.79 Å². The number of benzene rings is 2. The van der Waals surface area contributed by atoms with Crippen LogP contribution in [0.5, 0.6) is 0 Å². The lowest BCUT2D eigenvalue weighted by Crippen LogP contribution is -2.13. The van der Waals surface area contributed by atoms with Gasteiger partial charge in [0.05, 0.1) is 15.7 Å². The molecule has 23 heavy (non-hydrogen) atoms. The summed E-state index contributed by atoms with van der Waals surface area (Å²) >= 11 is 19.9. The number of nitrogens with one attached hydrogen (secondary N) is 1. The zero-order valence-corrected chi connectivity index (χ0v) is 15.6. The van der Waals surface area contributed by atoms with E-state index >= 15 is 0 Å². The highest BCUT2D eigenvalue weighted by Gasteiger charge is 2.12. The summed E-state index contributed by atoms with van der Waals surface area (Å²) in [6.07, 6.45) is 0.376. The smallest absolute Gasteiger partial charge is 0.225 e. The van der Waals surface area contributed by atoms with E-state index in [2.05, 4.69) is 12.2 Å². The van der Waals surface area contributed by atoms with Crippen molar-refractivity contribution < 1.29 is 4.79 Å². The molecule has 122 valence electrons. The van der Waals surface area contributed by atoms with Crippen LogP contribution in [0.1, 0.15) is 24.2 Å². The molecule has 6 heteroatoms. The molecule has 1 atom stereocenters. The van der Waals surface area contributed by atoms with E-state index in [0.29, 0.717) is 27.9 Å². The molecular weight excluding hydrogens is 373 g/mol. The van der Waals surface area contributed by atoms with Gasteiger partial charge in [0.15, 0.2) is 0 Å². The molecule has 0 radical (unpaired) electrons. The number of para-hydroxylation sites is 1. The molecule has 0 aromatic heterocycles. The van der Waals surface area contributed by atoms with Gasteiger partial charge in [0.1, 0.15) is 0 Å². The highest BCUT2D eigenvalue weighted by atomic mass is 35.5. The molecule has 0 aliphatic rings. The van der Waals surface area contributed by atoms with Crippen LogP contribution in [0.4, 0.5) is 5.69 Å². The van der Waals surface area contributed by atoms with Crippen LogP contribution in [0.2, 0.25) is 15.1 Å². The lowest BCUT2D eigenvalue weighted by Gasteiger charge is -2.13. The lowest BCUT2D eigenvalue weighted by molar-refractivity contribution is -0.115. The topological polar surface area (TPSA) is 29.1 Å². The fourth-order valence-electron chi connectivity index (χ4n) is 2.04. The van der Waals surface area contributed by atoms with E-state index in [1.165, 1.54) is 0 Å². The third-order valence-corrected chi connectivity index (χ3v) is 5.44. The third kappa shape index (κ3) is 5.32. The first kappa shape index (κ1) is 18.5. The van der Waals surface area contributed by atoms with Gasteiger partial charge in [-0.1, -0.05) is 59.1 Å². The third-order valence-electron chi connectivity index (χ3n) is 3.27. The van der Waals surface area contributed by atoms with Gasteiger partial charge in [0, 0.05) is 22.4 Å². The molecule has 0 spiro atoms. The monoisotopic (exact) mass is 387 g/mol. The number of carbonyl (C=O) groups excluding carboxylic acids is 1. The van der Waals surface area contributed by atoms with Crippen molar-refractivity contribution in [3.63, 3.8) is 0 Å². The number of hydrogen-bond donors (Lipinski definition) is 1. The van der Waals surface area contributed by atoms with Gasteiger partial charge >= 0.3 is 0 Å². The number of rotatable bonds is 6. The van der Waals surface area contributed by atoms with Crippen molar-refractivity contribution in [3.8, 4) is 0 Å². The number of amides is 1. The first-order chi connectivity index (χ1) is 11.0. The summed E-state index contributed by atoms with van der Waals surface area (Å²) in [6.45, 7) is 2.08. The summed E-state index contributed by atoms with van der Waals surface area (Å²) < 4.78 is 0. The molecule has 0 aliphatic carbocycles. The molecule has 1 amide bonds. The van der Waals surface area contributed by atoms with Crippen molar-refractivity contribution in [1.29, 1.82) is 0 Å². The molecule has 2 aromatic carbocycles. The highest BCUT2D eigenvalue weighted by Crippen LogP contribution is 2.33. The Kier molecular flexibility index (Phi) is 7.09. The quantitative estimate of drug-likeness (QED) is 0.614. The number of halogens is 3. The van der Waals surface area contributed by atoms with Crippen molar-refractivity contribution in [2.24, 2.45) is 0 Å². The summed E-state index contributed by atoms with van der Waals surface area (Å²) in [6, 6.07) is 12.9. The SMILES string of the molecule is CC(SCCC(=O)Nc1c(Cl)cccc1Cl)c1ccccc1Cl. The largest absolute Gasteiger partial charge is 0.324 e. The lowest BCUT2D eigenvalue weighted by atomic mass is 10.2. The molecule has 0 fully saturated rings. The predicted octanol–water partition coefficient (Wildman–Crippen LogP) is 6.47. The number of anilines is 1. The van der Waals surface area contributed by atoms with Gasteiger partial charge in [-0.15, -0.1) is 0 Å². The van der Waals surface area contributed by atoms with Crippen molar-refractivity contribution in [1.82, 2.24) is 0 Å². The second kappa shape index (κ2) is 8.84. The van der Waals surface area contributed by atoms with E-state index in [1.54, 1.807) is 30.0 Å². The van der Waals surface area contributed by atoms with Crippen molar-refractivity contribution in [2.45, 2.75) is 18.6 Å². The molecule has 0 saturated carbocycles. The molecule has 1 N–H and O–H groups in total. The Morgan fingerprint density at radius 3 is 2.30 bits per heavy atom. The zero-order chi connectivity index (χ0) is 16.8. The predicted molar refractivity (Wildman–Crippen MR) is 102 cm³/mol. The van der Waals surface area contributed by atoms with Crippen LogP contribution in [0.25, 0.3) is 0 Å². The van der Waals surface area contributed by atoms with Crippen LogP contribution >= 0.6 is 46.6 Å². The molecule has 2 nitrogen and oxygen atoms in total. The van der Waals surface area contributed by atoms with E-state index in [4.69, 9.17) is 34.8 Å². The maximum absolute atomic E-state index is 12.0. The fraction of sp³-hybridized carbons (Fsp3) is 0.235. The van der Waals surface area contributed by atoms with Crippen molar-refractivity contribution >= 4 is 58.2 Å². The molecule has 0 heterocycles. The minimum Gasteiger partial charge on any atom is -0.324 e. The maximum atomic E-state index is 12.0. The minimum atomic E-state index is -0.112. The second-order valence-electron chi connectivity index (χ2n) is 4.93. The first-order valence-electron chi connectivity index (χ1n) is 7.09. The molecule has 2 rings (SSSR count). The second-order valence-corrected chi connectivity index (χ2v) is 7.60. The molecule has 1 unspecified atom stereocenters. The van der Waals surface area contributed by atoms with Crippen molar-refractivity contribution in [3.05, 3.63) is 63.1 Å². The van der Waals surface area contributed by atoms with E-state index in [9.17, 15) is 4.79 Å². The van der Waals surface area contributed by atoms with Crippen LogP contribution in [0, 0.1) is 0 Å². The van der Waals surface area contributed by atoms with E-state index in [1.807, 2.05) is 24.3 Å². The molecule has 0 saturated heterocycles. The normalized spacial score (nSPS) is 12.0. The van der Waals surface area contributed by atoms with Crippen LogP contribution in [-0.4, -0.2) is 11.7 Å². The Hall–Kier alpha value is -0.870. The highest BCUT2D eigenvalue weighted by molar-refractivity contribution is 7.99. The van der Waals surface area contributed by atoms with Gasteiger partial charge in [0.25, 0.3) is 0 Å². The van der Waals surface area contributed by atoms with Gasteiger partial charge in [-0.2, -0.15) is 11.8 Å². The fourth-order valence-corrected chi connectivity index (χ4v) is 3.94. The average molecular weight is 389 g/mol. The first-order valence-corrected chi connectivity index (χ1v) is 9.27. The van der Waals surface area contributed by atoms with E-state index in [0.717, 1.165) is 10.6 Å². The molecule has 2 aromatic rings. The van der Waals surface area contributed by atoms with Gasteiger partial charge in [-0.3, -0.25) is 4.79 Å². The Morgan fingerprint density at radius 2 is 1.65 bits per heavy atom. The minimum absolute atomic E-state index is 0.112. The van der Waals surface area contributed by atoms with Gasteiger partial charge < -0.3 is 5.32 Å². The average Bonchev–Trinajstić information content (AvgIpc) is 2.51.